The van der Waals surface area contributed by atoms with E-state index in [1.807, 2.05) is 11.5 Å². The number of anilines is 1. The maximum atomic E-state index is 14.7. The lowest BCUT2D eigenvalue weighted by atomic mass is 9.93. The molecule has 0 bridgehead atoms. The van der Waals surface area contributed by atoms with Gasteiger partial charge in [-0.3, -0.25) is 14.5 Å². The predicted molar refractivity (Wildman–Crippen MR) is 134 cm³/mol. The first-order valence-electron chi connectivity index (χ1n) is 10.0. The summed E-state index contributed by atoms with van der Waals surface area (Å²) in [5.41, 5.74) is 7.96. The van der Waals surface area contributed by atoms with E-state index >= 15 is 0 Å². The highest BCUT2D eigenvalue weighted by Gasteiger charge is 2.41. The predicted octanol–water partition coefficient (Wildman–Crippen LogP) is 5.17. The number of nitrogens with zero attached hydrogens (tertiary/aromatic N) is 2. The van der Waals surface area contributed by atoms with Gasteiger partial charge in [0.1, 0.15) is 5.82 Å². The maximum Gasteiger partial charge on any atom is 0.186 e. The van der Waals surface area contributed by atoms with Crippen LogP contribution in [-0.2, 0) is 9.59 Å². The quantitative estimate of drug-likeness (QED) is 0.569. The smallest absolute Gasteiger partial charge is 0.186 e. The maximum absolute atomic E-state index is 14.7. The number of hydrogen-bond donors (Lipinski definition) is 1. The Balaban J connectivity index is 0.00000181. The molecule has 1 saturated carbocycles. The monoisotopic (exact) mass is 517 g/mol. The van der Waals surface area contributed by atoms with Crippen molar-refractivity contribution in [2.75, 3.05) is 18.8 Å². The summed E-state index contributed by atoms with van der Waals surface area (Å²) < 4.78 is 14.7. The summed E-state index contributed by atoms with van der Waals surface area (Å²) in [4.78, 5) is 31.3. The number of rotatable bonds is 6. The first-order valence-corrected chi connectivity index (χ1v) is 11.8. The molecular formula is C22H26Cl2FN3O2S2. The van der Waals surface area contributed by atoms with Gasteiger partial charge in [-0.2, -0.15) is 0 Å². The van der Waals surface area contributed by atoms with Crippen LogP contribution in [-0.4, -0.2) is 39.1 Å². The number of carbonyl (C=O) groups excluding carboxylic acids is 2. The highest BCUT2D eigenvalue weighted by molar-refractivity contribution is 8.14. The molecule has 2 aliphatic rings. The SMILES string of the molecule is CC(=O)SC1CCN(C(C(=O)C2CC2)c2ccccc2F)CC1=Cc1csc(N)n1.Cl.Cl. The molecule has 32 heavy (non-hydrogen) atoms. The van der Waals surface area contributed by atoms with E-state index in [0.717, 1.165) is 24.1 Å². The zero-order valence-corrected chi connectivity index (χ0v) is 20.8. The van der Waals surface area contributed by atoms with Gasteiger partial charge >= 0.3 is 0 Å². The minimum Gasteiger partial charge on any atom is -0.375 e. The van der Waals surface area contributed by atoms with Crippen molar-refractivity contribution < 1.29 is 14.0 Å². The number of nitrogens with two attached hydrogens (primary N) is 1. The van der Waals surface area contributed by atoms with Gasteiger partial charge in [-0.05, 0) is 37.0 Å². The van der Waals surface area contributed by atoms with E-state index in [9.17, 15) is 14.0 Å². The zero-order valence-electron chi connectivity index (χ0n) is 17.5. The Kier molecular flexibility index (Phi) is 9.72. The van der Waals surface area contributed by atoms with Crippen LogP contribution in [0.2, 0.25) is 0 Å². The number of piperidine rings is 1. The first kappa shape index (κ1) is 26.8. The minimum atomic E-state index is -0.606. The van der Waals surface area contributed by atoms with Crippen LogP contribution in [0.1, 0.15) is 43.5 Å². The van der Waals surface area contributed by atoms with Crippen molar-refractivity contribution >= 4 is 70.0 Å². The molecule has 4 rings (SSSR count). The van der Waals surface area contributed by atoms with E-state index < -0.39 is 6.04 Å². The van der Waals surface area contributed by atoms with Gasteiger partial charge in [0.2, 0.25) is 0 Å². The number of ketones is 1. The number of nitrogen functional groups attached to an aromatic ring is 1. The van der Waals surface area contributed by atoms with Crippen molar-refractivity contribution in [2.24, 2.45) is 5.92 Å². The van der Waals surface area contributed by atoms with Crippen LogP contribution in [0, 0.1) is 11.7 Å². The second-order valence-corrected chi connectivity index (χ2v) is 10.1. The molecule has 174 valence electrons. The molecule has 2 unspecified atom stereocenters. The lowest BCUT2D eigenvalue weighted by Crippen LogP contribution is -2.43. The van der Waals surface area contributed by atoms with Crippen molar-refractivity contribution in [1.29, 1.82) is 0 Å². The van der Waals surface area contributed by atoms with Gasteiger partial charge in [0.05, 0.1) is 11.7 Å². The number of benzene rings is 1. The Morgan fingerprint density at radius 3 is 2.59 bits per heavy atom. The van der Waals surface area contributed by atoms with Gasteiger partial charge in [-0.1, -0.05) is 30.0 Å². The van der Waals surface area contributed by atoms with Gasteiger partial charge in [0, 0.05) is 42.1 Å². The molecule has 2 aromatic rings. The summed E-state index contributed by atoms with van der Waals surface area (Å²) in [6, 6.07) is 5.94. The highest BCUT2D eigenvalue weighted by atomic mass is 35.5. The highest BCUT2D eigenvalue weighted by Crippen LogP contribution is 2.40. The van der Waals surface area contributed by atoms with E-state index in [1.165, 1.54) is 29.2 Å². The summed E-state index contributed by atoms with van der Waals surface area (Å²) >= 11 is 2.66. The number of hydrogen-bond acceptors (Lipinski definition) is 7. The third-order valence-corrected chi connectivity index (χ3v) is 7.32. The van der Waals surface area contributed by atoms with Crippen LogP contribution < -0.4 is 5.73 Å². The fourth-order valence-corrected chi connectivity index (χ4v) is 5.39. The number of Topliss-reactive ketones (excluding diaryl/α,β-unsaturated/α-hetero) is 1. The van der Waals surface area contributed by atoms with Gasteiger partial charge in [-0.25, -0.2) is 9.37 Å². The van der Waals surface area contributed by atoms with Gasteiger partial charge < -0.3 is 5.73 Å². The molecule has 2 heterocycles. The fourth-order valence-electron chi connectivity index (χ4n) is 3.95. The van der Waals surface area contributed by atoms with Gasteiger partial charge in [-0.15, -0.1) is 36.2 Å². The molecule has 0 radical (unpaired) electrons. The van der Waals surface area contributed by atoms with Crippen molar-refractivity contribution in [3.8, 4) is 0 Å². The third kappa shape index (κ3) is 6.32. The summed E-state index contributed by atoms with van der Waals surface area (Å²) in [6.07, 6.45) is 4.42. The zero-order chi connectivity index (χ0) is 21.3. The Morgan fingerprint density at radius 2 is 2.00 bits per heavy atom. The molecule has 1 aliphatic carbocycles. The Labute approximate surface area is 207 Å². The molecule has 10 heteroatoms. The van der Waals surface area contributed by atoms with E-state index in [4.69, 9.17) is 5.73 Å². The van der Waals surface area contributed by atoms with Crippen LogP contribution in [0.25, 0.3) is 6.08 Å². The minimum absolute atomic E-state index is 0. The van der Waals surface area contributed by atoms with Gasteiger partial charge in [0.25, 0.3) is 0 Å². The molecular weight excluding hydrogens is 492 g/mol. The molecule has 5 nitrogen and oxygen atoms in total. The lowest BCUT2D eigenvalue weighted by Gasteiger charge is -2.38. The number of halogens is 3. The number of thioether (sulfide) groups is 1. The van der Waals surface area contributed by atoms with Crippen LogP contribution in [0.15, 0.2) is 35.2 Å². The second kappa shape index (κ2) is 11.6. The first-order chi connectivity index (χ1) is 14.4. The molecule has 2 fully saturated rings. The summed E-state index contributed by atoms with van der Waals surface area (Å²) in [7, 11) is 0. The molecule has 0 spiro atoms. The number of thiazole rings is 1. The molecule has 2 atom stereocenters. The van der Waals surface area contributed by atoms with E-state index in [1.54, 1.807) is 25.1 Å². The fraction of sp³-hybridized carbons (Fsp3) is 0.409. The van der Waals surface area contributed by atoms with Crippen molar-refractivity contribution in [2.45, 2.75) is 37.5 Å². The second-order valence-electron chi connectivity index (χ2n) is 7.79. The van der Waals surface area contributed by atoms with Crippen LogP contribution >= 0.6 is 47.9 Å². The van der Waals surface area contributed by atoms with Crippen LogP contribution in [0.3, 0.4) is 0 Å². The molecule has 1 aromatic carbocycles. The Hall–Kier alpha value is -1.45. The van der Waals surface area contributed by atoms with Crippen LogP contribution in [0.4, 0.5) is 9.52 Å². The topological polar surface area (TPSA) is 76.3 Å². The average molecular weight is 519 g/mol. The number of carbonyl (C=O) groups is 2. The number of aromatic nitrogens is 1. The van der Waals surface area contributed by atoms with E-state index in [2.05, 4.69) is 9.88 Å². The van der Waals surface area contributed by atoms with E-state index in [0.29, 0.717) is 30.2 Å². The van der Waals surface area contributed by atoms with Crippen molar-refractivity contribution in [3.63, 3.8) is 0 Å². The van der Waals surface area contributed by atoms with Gasteiger partial charge in [0.15, 0.2) is 16.0 Å². The van der Waals surface area contributed by atoms with E-state index in [-0.39, 0.29) is 52.7 Å². The van der Waals surface area contributed by atoms with Crippen molar-refractivity contribution in [1.82, 2.24) is 9.88 Å². The lowest BCUT2D eigenvalue weighted by molar-refractivity contribution is -0.126. The Bertz CT molecular complexity index is 997. The summed E-state index contributed by atoms with van der Waals surface area (Å²) in [5, 5.41) is 2.43. The molecule has 2 N–H and O–H groups in total. The normalized spacial score (nSPS) is 20.8. The van der Waals surface area contributed by atoms with Crippen LogP contribution in [0.5, 0.6) is 0 Å². The summed E-state index contributed by atoms with van der Waals surface area (Å²) in [6.45, 7) is 2.67. The standard InChI is InChI=1S/C22H24FN3O2S2.2ClH/c1-13(27)30-19-8-9-26(11-15(19)10-16-12-29-22(24)25-16)20(21(28)14-6-7-14)17-4-2-3-5-18(17)23;;/h2-5,10,12,14,19-20H,6-9,11H2,1H3,(H2,24,25);2*1H. The number of likely N-dealkylation sites (tertiary alicyclic amines) is 1. The van der Waals surface area contributed by atoms with Crippen molar-refractivity contribution in [3.05, 3.63) is 52.3 Å². The molecule has 1 aliphatic heterocycles. The third-order valence-electron chi connectivity index (χ3n) is 5.47. The Morgan fingerprint density at radius 1 is 1.28 bits per heavy atom. The average Bonchev–Trinajstić information content (AvgIpc) is 3.47. The molecule has 1 aromatic heterocycles. The molecule has 0 amide bonds. The largest absolute Gasteiger partial charge is 0.375 e. The summed E-state index contributed by atoms with van der Waals surface area (Å²) in [5.74, 6) is -0.241. The molecule has 1 saturated heterocycles.